The maximum atomic E-state index is 12.3. The molecule has 1 unspecified atom stereocenters. The Kier molecular flexibility index (Phi) is 4.36. The van der Waals surface area contributed by atoms with Crippen molar-refractivity contribution in [2.75, 3.05) is 6.54 Å². The van der Waals surface area contributed by atoms with E-state index in [2.05, 4.69) is 38.3 Å². The standard InChI is InChI=1S/C13H26N2O/c1-5-8-12(3,4)15-11(16)13(6-2)9-7-10-14-13/h14H,5-10H2,1-4H3,(H,15,16). The molecule has 0 spiro atoms. The van der Waals surface area contributed by atoms with E-state index in [0.717, 1.165) is 38.6 Å². The predicted molar refractivity (Wildman–Crippen MR) is 67.4 cm³/mol. The van der Waals surface area contributed by atoms with Crippen molar-refractivity contribution < 1.29 is 4.79 Å². The Morgan fingerprint density at radius 1 is 1.44 bits per heavy atom. The van der Waals surface area contributed by atoms with E-state index in [4.69, 9.17) is 0 Å². The molecule has 0 aromatic rings. The van der Waals surface area contributed by atoms with Crippen molar-refractivity contribution in [3.05, 3.63) is 0 Å². The summed E-state index contributed by atoms with van der Waals surface area (Å²) in [5, 5.41) is 6.56. The fourth-order valence-electron chi connectivity index (χ4n) is 2.58. The van der Waals surface area contributed by atoms with Crippen LogP contribution in [-0.4, -0.2) is 23.5 Å². The molecule has 0 aromatic carbocycles. The van der Waals surface area contributed by atoms with Gasteiger partial charge >= 0.3 is 0 Å². The van der Waals surface area contributed by atoms with Crippen LogP contribution in [-0.2, 0) is 4.79 Å². The van der Waals surface area contributed by atoms with Gasteiger partial charge in [-0.25, -0.2) is 0 Å². The average Bonchev–Trinajstić information content (AvgIpc) is 2.66. The van der Waals surface area contributed by atoms with Gasteiger partial charge in [-0.3, -0.25) is 4.79 Å². The first-order valence-corrected chi connectivity index (χ1v) is 6.53. The van der Waals surface area contributed by atoms with Gasteiger partial charge in [-0.15, -0.1) is 0 Å². The zero-order chi connectivity index (χ0) is 12.2. The number of nitrogens with one attached hydrogen (secondary N) is 2. The second-order valence-corrected chi connectivity index (χ2v) is 5.55. The first kappa shape index (κ1) is 13.5. The van der Waals surface area contributed by atoms with Gasteiger partial charge in [-0.2, -0.15) is 0 Å². The molecule has 1 aliphatic heterocycles. The van der Waals surface area contributed by atoms with Crippen molar-refractivity contribution >= 4 is 5.91 Å². The van der Waals surface area contributed by atoms with Crippen LogP contribution in [0.1, 0.15) is 59.8 Å². The first-order valence-electron chi connectivity index (χ1n) is 6.53. The maximum absolute atomic E-state index is 12.3. The minimum Gasteiger partial charge on any atom is -0.350 e. The summed E-state index contributed by atoms with van der Waals surface area (Å²) < 4.78 is 0. The fraction of sp³-hybridized carbons (Fsp3) is 0.923. The van der Waals surface area contributed by atoms with Crippen molar-refractivity contribution in [2.45, 2.75) is 70.9 Å². The van der Waals surface area contributed by atoms with Gasteiger partial charge in [0.1, 0.15) is 0 Å². The quantitative estimate of drug-likeness (QED) is 0.754. The van der Waals surface area contributed by atoms with E-state index in [1.165, 1.54) is 0 Å². The summed E-state index contributed by atoms with van der Waals surface area (Å²) in [7, 11) is 0. The molecule has 16 heavy (non-hydrogen) atoms. The molecule has 94 valence electrons. The maximum Gasteiger partial charge on any atom is 0.240 e. The lowest BCUT2D eigenvalue weighted by atomic mass is 9.90. The number of carbonyl (C=O) groups excluding carboxylic acids is 1. The van der Waals surface area contributed by atoms with Crippen LogP contribution < -0.4 is 10.6 Å². The molecule has 1 heterocycles. The zero-order valence-corrected chi connectivity index (χ0v) is 11.2. The van der Waals surface area contributed by atoms with Gasteiger partial charge in [0.15, 0.2) is 0 Å². The Morgan fingerprint density at radius 2 is 2.12 bits per heavy atom. The molecule has 0 saturated carbocycles. The topological polar surface area (TPSA) is 41.1 Å². The molecule has 1 amide bonds. The number of carbonyl (C=O) groups is 1. The summed E-state index contributed by atoms with van der Waals surface area (Å²) in [6.07, 6.45) is 5.08. The molecule has 1 rings (SSSR count). The smallest absolute Gasteiger partial charge is 0.240 e. The highest BCUT2D eigenvalue weighted by Gasteiger charge is 2.40. The first-order chi connectivity index (χ1) is 7.46. The molecular weight excluding hydrogens is 200 g/mol. The highest BCUT2D eigenvalue weighted by atomic mass is 16.2. The van der Waals surface area contributed by atoms with Gasteiger partial charge in [0.25, 0.3) is 0 Å². The molecular formula is C13H26N2O. The molecule has 0 aromatic heterocycles. The fourth-order valence-corrected chi connectivity index (χ4v) is 2.58. The molecule has 0 radical (unpaired) electrons. The molecule has 2 N–H and O–H groups in total. The van der Waals surface area contributed by atoms with Gasteiger partial charge in [0.2, 0.25) is 5.91 Å². The van der Waals surface area contributed by atoms with Crippen LogP contribution in [0, 0.1) is 0 Å². The van der Waals surface area contributed by atoms with Gasteiger partial charge < -0.3 is 10.6 Å². The zero-order valence-electron chi connectivity index (χ0n) is 11.2. The van der Waals surface area contributed by atoms with E-state index >= 15 is 0 Å². The van der Waals surface area contributed by atoms with Crippen molar-refractivity contribution in [1.29, 1.82) is 0 Å². The number of rotatable bonds is 5. The summed E-state index contributed by atoms with van der Waals surface area (Å²) in [5.41, 5.74) is -0.386. The third kappa shape index (κ3) is 2.97. The van der Waals surface area contributed by atoms with E-state index in [9.17, 15) is 4.79 Å². The second kappa shape index (κ2) is 5.17. The Bertz CT molecular complexity index is 242. The number of hydrogen-bond acceptors (Lipinski definition) is 2. The van der Waals surface area contributed by atoms with Crippen LogP contribution in [0.15, 0.2) is 0 Å². The Hall–Kier alpha value is -0.570. The molecule has 0 bridgehead atoms. The van der Waals surface area contributed by atoms with Crippen molar-refractivity contribution in [2.24, 2.45) is 0 Å². The summed E-state index contributed by atoms with van der Waals surface area (Å²) in [4.78, 5) is 12.3. The lowest BCUT2D eigenvalue weighted by Gasteiger charge is -2.33. The summed E-state index contributed by atoms with van der Waals surface area (Å²) in [6, 6.07) is 0. The number of hydrogen-bond donors (Lipinski definition) is 2. The third-order valence-electron chi connectivity index (χ3n) is 3.61. The Labute approximate surface area is 99.4 Å². The molecule has 3 nitrogen and oxygen atoms in total. The molecule has 1 fully saturated rings. The SMILES string of the molecule is CCCC(C)(C)NC(=O)C1(CC)CCCN1. The Balaban J connectivity index is 2.63. The molecule has 1 saturated heterocycles. The van der Waals surface area contributed by atoms with E-state index in [1.54, 1.807) is 0 Å². The average molecular weight is 226 g/mol. The predicted octanol–water partition coefficient (Wildman–Crippen LogP) is 2.21. The van der Waals surface area contributed by atoms with Crippen LogP contribution >= 0.6 is 0 Å². The van der Waals surface area contributed by atoms with E-state index < -0.39 is 0 Å². The highest BCUT2D eigenvalue weighted by molar-refractivity contribution is 5.87. The van der Waals surface area contributed by atoms with E-state index in [1.807, 2.05) is 0 Å². The van der Waals surface area contributed by atoms with Gasteiger partial charge in [0, 0.05) is 5.54 Å². The van der Waals surface area contributed by atoms with Crippen LogP contribution in [0.3, 0.4) is 0 Å². The van der Waals surface area contributed by atoms with Gasteiger partial charge in [-0.05, 0) is 46.1 Å². The van der Waals surface area contributed by atoms with Crippen LogP contribution in [0.2, 0.25) is 0 Å². The lowest BCUT2D eigenvalue weighted by Crippen LogP contribution is -2.58. The molecule has 1 atom stereocenters. The minimum atomic E-state index is -0.301. The summed E-state index contributed by atoms with van der Waals surface area (Å²) in [5.74, 6) is 0.186. The van der Waals surface area contributed by atoms with Crippen molar-refractivity contribution in [1.82, 2.24) is 10.6 Å². The highest BCUT2D eigenvalue weighted by Crippen LogP contribution is 2.24. The monoisotopic (exact) mass is 226 g/mol. The Morgan fingerprint density at radius 3 is 2.56 bits per heavy atom. The summed E-state index contributed by atoms with van der Waals surface area (Å²) in [6.45, 7) is 9.41. The van der Waals surface area contributed by atoms with Crippen LogP contribution in [0.25, 0.3) is 0 Å². The normalized spacial score (nSPS) is 25.8. The van der Waals surface area contributed by atoms with E-state index in [0.29, 0.717) is 0 Å². The van der Waals surface area contributed by atoms with Crippen molar-refractivity contribution in [3.63, 3.8) is 0 Å². The van der Waals surface area contributed by atoms with Gasteiger partial charge in [0.05, 0.1) is 5.54 Å². The second-order valence-electron chi connectivity index (χ2n) is 5.55. The largest absolute Gasteiger partial charge is 0.350 e. The summed E-state index contributed by atoms with van der Waals surface area (Å²) >= 11 is 0. The molecule has 1 aliphatic rings. The third-order valence-corrected chi connectivity index (χ3v) is 3.61. The number of amides is 1. The lowest BCUT2D eigenvalue weighted by molar-refractivity contribution is -0.129. The van der Waals surface area contributed by atoms with Crippen LogP contribution in [0.5, 0.6) is 0 Å². The molecule has 3 heteroatoms. The van der Waals surface area contributed by atoms with E-state index in [-0.39, 0.29) is 17.0 Å². The van der Waals surface area contributed by atoms with Gasteiger partial charge in [-0.1, -0.05) is 20.3 Å². The van der Waals surface area contributed by atoms with Crippen LogP contribution in [0.4, 0.5) is 0 Å². The van der Waals surface area contributed by atoms with Crippen molar-refractivity contribution in [3.8, 4) is 0 Å². The minimum absolute atomic E-state index is 0.0850. The molecule has 0 aliphatic carbocycles.